The van der Waals surface area contributed by atoms with Crippen molar-refractivity contribution in [3.63, 3.8) is 0 Å². The van der Waals surface area contributed by atoms with E-state index in [-0.39, 0.29) is 8.56 Å². The highest BCUT2D eigenvalue weighted by Crippen LogP contribution is 2.45. The van der Waals surface area contributed by atoms with E-state index in [9.17, 15) is 0 Å². The molecular weight excluding hydrogens is 585 g/mol. The fourth-order valence-electron chi connectivity index (χ4n) is 5.80. The Morgan fingerprint density at radius 3 is 2.33 bits per heavy atom. The van der Waals surface area contributed by atoms with Gasteiger partial charge in [0.15, 0.2) is 0 Å². The van der Waals surface area contributed by atoms with Gasteiger partial charge in [0.25, 0.3) is 0 Å². The van der Waals surface area contributed by atoms with Crippen molar-refractivity contribution in [1.82, 2.24) is 9.55 Å². The van der Waals surface area contributed by atoms with Crippen LogP contribution in [0.4, 0.5) is 0 Å². The summed E-state index contributed by atoms with van der Waals surface area (Å²) in [6.45, 7) is 5.39. The maximum absolute atomic E-state index is 5.22. The van der Waals surface area contributed by atoms with E-state index in [0.717, 1.165) is 18.5 Å². The van der Waals surface area contributed by atoms with Crippen molar-refractivity contribution < 1.29 is 8.56 Å². The molecule has 0 atom stereocenters. The Bertz CT molecular complexity index is 2250. The van der Waals surface area contributed by atoms with E-state index in [1.54, 1.807) is 11.3 Å². The van der Waals surface area contributed by atoms with Gasteiger partial charge in [0.2, 0.25) is 0 Å². The molecule has 4 aromatic heterocycles. The van der Waals surface area contributed by atoms with Crippen molar-refractivity contribution in [2.75, 3.05) is 0 Å². The van der Waals surface area contributed by atoms with Gasteiger partial charge in [-0.05, 0) is 114 Å². The van der Waals surface area contributed by atoms with Gasteiger partial charge in [0.1, 0.15) is 0 Å². The number of pyridine rings is 1. The molecule has 6 rings (SSSR count). The van der Waals surface area contributed by atoms with Crippen LogP contribution in [-0.2, 0) is 13.0 Å². The van der Waals surface area contributed by atoms with Gasteiger partial charge in [-0.3, -0.25) is 4.98 Å². The van der Waals surface area contributed by atoms with Crippen molar-refractivity contribution in [3.05, 3.63) is 90.3 Å². The van der Waals surface area contributed by atoms with E-state index in [2.05, 4.69) is 132 Å². The number of fused-ring (bicyclic) bond motifs is 3. The molecule has 0 saturated heterocycles. The number of aromatic nitrogens is 2. The van der Waals surface area contributed by atoms with Crippen LogP contribution in [0.25, 0.3) is 52.4 Å². The fourth-order valence-corrected chi connectivity index (χ4v) is 8.24. The lowest BCUT2D eigenvalue weighted by Crippen LogP contribution is -1.92. The van der Waals surface area contributed by atoms with Crippen LogP contribution in [0.5, 0.6) is 0 Å². The summed E-state index contributed by atoms with van der Waals surface area (Å²) in [5, 5.41) is 2.56. The van der Waals surface area contributed by atoms with Gasteiger partial charge >= 0.3 is 0 Å². The summed E-state index contributed by atoms with van der Waals surface area (Å²) in [5.41, 5.74) is 7.31. The average Bonchev–Trinajstić information content (AvgIpc) is 3.78. The van der Waals surface area contributed by atoms with Crippen LogP contribution in [0.2, 0.25) is 0 Å². The minimum atomic E-state index is 0. The maximum atomic E-state index is 5.22. The summed E-state index contributed by atoms with van der Waals surface area (Å²) >= 11 is 3.64. The Balaban J connectivity index is 0.00000417. The number of aryl methyl sites for hydroxylation is 2. The van der Waals surface area contributed by atoms with Gasteiger partial charge in [-0.2, -0.15) is 0 Å². The molecule has 45 heavy (non-hydrogen) atoms. The molecule has 4 heteroatoms. The minimum absolute atomic E-state index is 0. The van der Waals surface area contributed by atoms with Crippen LogP contribution < -0.4 is 0 Å². The van der Waals surface area contributed by atoms with Gasteiger partial charge in [-0.15, -0.1) is 29.1 Å². The van der Waals surface area contributed by atoms with Crippen LogP contribution in [0.15, 0.2) is 79.1 Å². The molecule has 2 aromatic carbocycles. The highest BCUT2D eigenvalue weighted by Gasteiger charge is 2.19. The molecule has 0 aliphatic carbocycles. The van der Waals surface area contributed by atoms with E-state index in [0.29, 0.717) is 0 Å². The number of hydrogen-bond donors (Lipinski definition) is 0. The first-order chi connectivity index (χ1) is 22.2. The van der Waals surface area contributed by atoms with Crippen molar-refractivity contribution in [1.29, 1.82) is 0 Å². The normalized spacial score (nSPS) is 10.4. The maximum Gasteiger partial charge on any atom is 0.0606 e. The average molecular weight is 629 g/mol. The van der Waals surface area contributed by atoms with Gasteiger partial charge in [-0.1, -0.05) is 56.4 Å². The lowest BCUT2D eigenvalue weighted by atomic mass is 10.0. The molecule has 0 bridgehead atoms. The summed E-state index contributed by atoms with van der Waals surface area (Å²) < 4.78 is 2.39. The topological polar surface area (TPSA) is 17.8 Å². The molecule has 0 amide bonds. The van der Waals surface area contributed by atoms with Crippen molar-refractivity contribution in [3.8, 4) is 78.5 Å². The third-order valence-electron chi connectivity index (χ3n) is 7.90. The molecule has 0 N–H and O–H groups in total. The Morgan fingerprint density at radius 1 is 0.733 bits per heavy atom. The Hall–Kier alpha value is -4.97. The minimum Gasteiger partial charge on any atom is -0.341 e. The highest BCUT2D eigenvalue weighted by molar-refractivity contribution is 7.25. The number of para-hydroxylation sites is 1. The second kappa shape index (κ2) is 14.2. The fraction of sp³-hybridized carbons (Fsp3) is 0.195. The predicted octanol–water partition coefficient (Wildman–Crippen LogP) is 11.9. The molecule has 0 aliphatic rings. The van der Waals surface area contributed by atoms with E-state index in [4.69, 9.17) is 6.42 Å². The Labute approximate surface area is 283 Å². The lowest BCUT2D eigenvalue weighted by Gasteiger charge is -2.03. The summed E-state index contributed by atoms with van der Waals surface area (Å²) in [6, 6.07) is 24.3. The number of thiophene rings is 2. The molecule has 2 nitrogen and oxygen atoms in total. The van der Waals surface area contributed by atoms with Crippen LogP contribution in [-0.4, -0.2) is 9.55 Å². The van der Waals surface area contributed by atoms with Crippen molar-refractivity contribution in [2.24, 2.45) is 0 Å². The molecule has 230 valence electrons. The van der Waals surface area contributed by atoms with Gasteiger partial charge in [-0.25, -0.2) is 0 Å². The number of benzene rings is 2. The van der Waals surface area contributed by atoms with Crippen molar-refractivity contribution in [2.45, 2.75) is 52.5 Å². The second-order valence-corrected chi connectivity index (χ2v) is 12.9. The molecule has 0 unspecified atom stereocenters. The monoisotopic (exact) mass is 628 g/mol. The molecule has 0 saturated carbocycles. The van der Waals surface area contributed by atoms with Gasteiger partial charge in [0.05, 0.1) is 4.88 Å². The van der Waals surface area contributed by atoms with E-state index in [1.165, 1.54) is 83.7 Å². The summed E-state index contributed by atoms with van der Waals surface area (Å²) in [5.74, 6) is 19.4. The first kappa shape index (κ1) is 30.1. The van der Waals surface area contributed by atoms with E-state index >= 15 is 0 Å². The number of hydrogen-bond acceptors (Lipinski definition) is 3. The zero-order valence-electron chi connectivity index (χ0n) is 25.5. The molecule has 0 aliphatic heterocycles. The zero-order valence-corrected chi connectivity index (χ0v) is 27.2. The van der Waals surface area contributed by atoms with E-state index < -0.39 is 0 Å². The number of unbranched alkanes of at least 4 members (excludes halogenated alkanes) is 3. The van der Waals surface area contributed by atoms with Crippen LogP contribution in [0.1, 0.15) is 59.2 Å². The molecule has 4 heterocycles. The number of terminal acetylenes is 1. The van der Waals surface area contributed by atoms with Crippen LogP contribution in [0.3, 0.4) is 0 Å². The molecule has 0 radical (unpaired) electrons. The summed E-state index contributed by atoms with van der Waals surface area (Å²) in [7, 11) is 0. The quantitative estimate of drug-likeness (QED) is 0.115. The Morgan fingerprint density at radius 2 is 1.51 bits per heavy atom. The highest BCUT2D eigenvalue weighted by atomic mass is 32.1. The summed E-state index contributed by atoms with van der Waals surface area (Å²) in [6.07, 6.45) is 15.0. The smallest absolute Gasteiger partial charge is 0.0606 e. The van der Waals surface area contributed by atoms with Gasteiger partial charge in [0, 0.05) is 69.5 Å². The Kier molecular flexibility index (Phi) is 9.50. The largest absolute Gasteiger partial charge is 0.341 e. The van der Waals surface area contributed by atoms with Crippen LogP contribution >= 0.6 is 22.7 Å². The molecular formula is C41H44N2S2. The number of nitrogens with zero attached hydrogens (tertiary/aromatic N) is 2. The first-order valence-electron chi connectivity index (χ1n) is 15.4. The third kappa shape index (κ3) is 6.46. The second-order valence-electron chi connectivity index (χ2n) is 10.8. The number of rotatable bonds is 9. The predicted molar refractivity (Wildman–Crippen MR) is 207 cm³/mol. The van der Waals surface area contributed by atoms with E-state index in [1.807, 2.05) is 23.7 Å². The zero-order chi connectivity index (χ0) is 31.0. The first-order valence-corrected chi connectivity index (χ1v) is 17.0. The third-order valence-corrected chi connectivity index (χ3v) is 10.5. The van der Waals surface area contributed by atoms with Crippen molar-refractivity contribution >= 4 is 44.5 Å². The van der Waals surface area contributed by atoms with Gasteiger partial charge < -0.3 is 4.57 Å². The lowest BCUT2D eigenvalue weighted by molar-refractivity contribution is 0.668. The van der Waals surface area contributed by atoms with Crippen LogP contribution in [0, 0.1) is 47.9 Å². The molecule has 0 spiro atoms. The molecule has 0 fully saturated rings. The standard InChI is InChI=1S/C41H32N2S2.6H2/c1-4-7-9-11-12-14-18-33-28-38(31-21-22-37-35(27-31)34-19-15-16-20-36(34)43(37)6-3)44-41(33)39-29-32(17-13-10-8-5-2)40(45-39)30-23-25-42-26-24-30;;;;;;/h1,15-16,19-29H,5-6,8,10,13,17H2,2-3H3;6*1H. The SMILES string of the molecule is C#CC#CC#CC#Cc1cc(-c2ccc3c(c2)c2ccccc2n3CC)sc1-c1cc(CCCCCC)c(-c2ccncc2)s1.[HH].[HH].[HH].[HH].[HH].[HH]. The summed E-state index contributed by atoms with van der Waals surface area (Å²) in [4.78, 5) is 9.17. The molecule has 6 aromatic rings.